The number of fused-ring (bicyclic) bond motifs is 3. The highest BCUT2D eigenvalue weighted by molar-refractivity contribution is 8.78. The average molecular weight is 488 g/mol. The zero-order valence-corrected chi connectivity index (χ0v) is 19.9. The fraction of sp³-hybridized carbons (Fsp3) is 0.800. The minimum absolute atomic E-state index is 0.235. The summed E-state index contributed by atoms with van der Waals surface area (Å²) in [5.74, 6) is -2.42. The zero-order chi connectivity index (χ0) is 24.5. The number of hydrogen-bond donors (Lipinski definition) is 2. The molecule has 5 heterocycles. The van der Waals surface area contributed by atoms with Crippen molar-refractivity contribution in [2.24, 2.45) is 5.41 Å². The summed E-state index contributed by atoms with van der Waals surface area (Å²) in [6.45, 7) is 5.55. The summed E-state index contributed by atoms with van der Waals surface area (Å²) in [5, 5.41) is 22.2. The molecule has 2 N–H and O–H groups in total. The molecule has 2 bridgehead atoms. The molecule has 5 aliphatic heterocycles. The molecule has 6 aliphatic rings. The van der Waals surface area contributed by atoms with E-state index in [1.165, 1.54) is 7.05 Å². The van der Waals surface area contributed by atoms with Gasteiger partial charge in [0.25, 0.3) is 11.8 Å². The maximum Gasteiger partial charge on any atom is 0.303 e. The van der Waals surface area contributed by atoms with Gasteiger partial charge in [-0.05, 0) is 17.7 Å². The van der Waals surface area contributed by atoms with Gasteiger partial charge in [-0.15, -0.1) is 0 Å². The van der Waals surface area contributed by atoms with Crippen LogP contribution in [0.3, 0.4) is 0 Å². The van der Waals surface area contributed by atoms with Gasteiger partial charge < -0.3 is 29.5 Å². The van der Waals surface area contributed by atoms with Crippen LogP contribution in [0.25, 0.3) is 0 Å². The number of hydrogen-bond acceptors (Lipinski definition) is 10. The Bertz CT molecular complexity index is 1010. The Labute approximate surface area is 194 Å². The van der Waals surface area contributed by atoms with Crippen molar-refractivity contribution in [1.82, 2.24) is 9.80 Å². The molecule has 10 nitrogen and oxygen atoms in total. The molecule has 2 amide bonds. The fourth-order valence-corrected chi connectivity index (χ4v) is 9.35. The van der Waals surface area contributed by atoms with E-state index in [0.29, 0.717) is 0 Å². The van der Waals surface area contributed by atoms with Gasteiger partial charge in [0.1, 0.15) is 5.60 Å². The molecule has 1 aliphatic carbocycles. The van der Waals surface area contributed by atoms with Crippen molar-refractivity contribution in [1.29, 1.82) is 0 Å². The van der Waals surface area contributed by atoms with Crippen molar-refractivity contribution in [3.8, 4) is 0 Å². The van der Waals surface area contributed by atoms with Gasteiger partial charge >= 0.3 is 5.97 Å². The molecule has 0 radical (unpaired) electrons. The Morgan fingerprint density at radius 3 is 2.50 bits per heavy atom. The number of esters is 1. The van der Waals surface area contributed by atoms with E-state index in [2.05, 4.69) is 0 Å². The third kappa shape index (κ3) is 2.16. The quantitative estimate of drug-likeness (QED) is 0.393. The van der Waals surface area contributed by atoms with Crippen LogP contribution in [0, 0.1) is 5.41 Å². The van der Waals surface area contributed by atoms with Crippen molar-refractivity contribution in [3.63, 3.8) is 0 Å². The molecule has 6 fully saturated rings. The minimum Gasteiger partial charge on any atom is -0.456 e. The van der Waals surface area contributed by atoms with E-state index in [9.17, 15) is 29.4 Å². The standard InChI is InChI=1S/C20H26N2O8S2/c1-9-16(3,4)12(25)18(30-9)6-11-17(28,13(18)29-10(2)24)7-19-14(26)21(5)20(8-23,32-31-19)15(27)22(11)19/h9,11,13,23,28H,6-8H2,1-5H3/t9-,11-,13+,17+,18-,19-,20-/m1/s1/i7D/t7-,9+,11+,13-,17-,18+,19+,20+/m0. The SMILES string of the molecule is [2H][C@H]1[C@]2(O)[C@@H](C[C@]3(O[C@H](C)C(C)(C)C3=O)[C@H]2OC(C)=O)N2C(=O)[C@@]3(CO)SS[C@@]12C(=O)N3C. The molecule has 0 unspecified atom stereocenters. The number of amides is 2. The number of aliphatic hydroxyl groups excluding tert-OH is 1. The number of Topliss-reactive ketones (excluding diaryl/α,β-unsaturated/α-hetero) is 1. The summed E-state index contributed by atoms with van der Waals surface area (Å²) in [7, 11) is 3.30. The van der Waals surface area contributed by atoms with Gasteiger partial charge in [-0.2, -0.15) is 0 Å². The van der Waals surface area contributed by atoms with E-state index in [1.807, 2.05) is 0 Å². The van der Waals surface area contributed by atoms with Crippen molar-refractivity contribution < 1.29 is 40.2 Å². The van der Waals surface area contributed by atoms with Gasteiger partial charge in [-0.25, -0.2) is 0 Å². The average Bonchev–Trinajstić information content (AvgIpc) is 3.17. The molecule has 0 aromatic carbocycles. The predicted octanol–water partition coefficient (Wildman–Crippen LogP) is -0.341. The van der Waals surface area contributed by atoms with Crippen molar-refractivity contribution >= 4 is 45.2 Å². The number of piperazine rings is 1. The van der Waals surface area contributed by atoms with Crippen LogP contribution in [-0.4, -0.2) is 96.4 Å². The maximum absolute atomic E-state index is 13.7. The summed E-state index contributed by atoms with van der Waals surface area (Å²) in [6, 6.07) is -1.21. The van der Waals surface area contributed by atoms with Crippen LogP contribution >= 0.6 is 21.6 Å². The van der Waals surface area contributed by atoms with E-state index < -0.39 is 81.2 Å². The number of carbonyl (C=O) groups is 4. The van der Waals surface area contributed by atoms with Crippen molar-refractivity contribution in [3.05, 3.63) is 0 Å². The first-order valence-corrected chi connectivity index (χ1v) is 12.5. The molecule has 1 saturated carbocycles. The zero-order valence-electron chi connectivity index (χ0n) is 19.3. The molecule has 8 atom stereocenters. The fourth-order valence-electron chi connectivity index (χ4n) is 5.83. The Hall–Kier alpha value is -1.34. The second-order valence-electron chi connectivity index (χ2n) is 9.79. The molecule has 32 heavy (non-hydrogen) atoms. The van der Waals surface area contributed by atoms with E-state index >= 15 is 0 Å². The topological polar surface area (TPSA) is 134 Å². The molecule has 0 aromatic rings. The largest absolute Gasteiger partial charge is 0.456 e. The molecule has 0 aromatic heterocycles. The van der Waals surface area contributed by atoms with Crippen LogP contribution in [0.4, 0.5) is 0 Å². The minimum atomic E-state index is -2.25. The molecule has 6 rings (SSSR count). The molecular formula is C20H26N2O8S2. The van der Waals surface area contributed by atoms with E-state index in [4.69, 9.17) is 10.8 Å². The van der Waals surface area contributed by atoms with Crippen LogP contribution in [0.1, 0.15) is 41.9 Å². The van der Waals surface area contributed by atoms with Crippen molar-refractivity contribution in [2.45, 2.75) is 79.7 Å². The number of ketones is 1. The Morgan fingerprint density at radius 1 is 1.31 bits per heavy atom. The van der Waals surface area contributed by atoms with Crippen LogP contribution in [0.5, 0.6) is 0 Å². The third-order valence-electron chi connectivity index (χ3n) is 7.85. The monoisotopic (exact) mass is 487 g/mol. The lowest BCUT2D eigenvalue weighted by atomic mass is 9.76. The molecule has 2 spiro atoms. The van der Waals surface area contributed by atoms with Gasteiger partial charge in [0.05, 0.1) is 24.2 Å². The molecule has 176 valence electrons. The molecule has 12 heteroatoms. The normalized spacial score (nSPS) is 51.3. The number of aliphatic hydroxyl groups is 2. The van der Waals surface area contributed by atoms with Gasteiger partial charge in [0.15, 0.2) is 22.4 Å². The summed E-state index contributed by atoms with van der Waals surface area (Å²) in [6.07, 6.45) is -4.06. The van der Waals surface area contributed by atoms with Crippen LogP contribution < -0.4 is 0 Å². The first-order chi connectivity index (χ1) is 15.2. The van der Waals surface area contributed by atoms with E-state index in [-0.39, 0.29) is 6.42 Å². The summed E-state index contributed by atoms with van der Waals surface area (Å²) in [5.41, 5.74) is -5.00. The Balaban J connectivity index is 1.72. The lowest BCUT2D eigenvalue weighted by Crippen LogP contribution is -2.77. The number of likely N-dealkylation sites (N-methyl/N-ethyl adjacent to an activating group) is 1. The lowest BCUT2D eigenvalue weighted by Gasteiger charge is -2.58. The Morgan fingerprint density at radius 2 is 1.97 bits per heavy atom. The molecular weight excluding hydrogens is 460 g/mol. The lowest BCUT2D eigenvalue weighted by molar-refractivity contribution is -0.189. The van der Waals surface area contributed by atoms with E-state index in [1.54, 1.807) is 20.8 Å². The van der Waals surface area contributed by atoms with Crippen LogP contribution in [0.15, 0.2) is 0 Å². The number of rotatable bonds is 2. The highest BCUT2D eigenvalue weighted by Gasteiger charge is 2.84. The van der Waals surface area contributed by atoms with Gasteiger partial charge in [0, 0.05) is 28.2 Å². The first kappa shape index (κ1) is 21.2. The van der Waals surface area contributed by atoms with Gasteiger partial charge in [-0.1, -0.05) is 24.6 Å². The predicted molar refractivity (Wildman–Crippen MR) is 113 cm³/mol. The third-order valence-corrected chi connectivity index (χ3v) is 11.4. The van der Waals surface area contributed by atoms with Gasteiger partial charge in [0.2, 0.25) is 4.87 Å². The summed E-state index contributed by atoms with van der Waals surface area (Å²) < 4.78 is 20.7. The number of ether oxygens (including phenoxy) is 2. The maximum atomic E-state index is 13.7. The smallest absolute Gasteiger partial charge is 0.303 e. The second-order valence-corrected chi connectivity index (χ2v) is 12.4. The molecule has 5 saturated heterocycles. The highest BCUT2D eigenvalue weighted by atomic mass is 33.1. The van der Waals surface area contributed by atoms with Gasteiger partial charge in [-0.3, -0.25) is 19.2 Å². The van der Waals surface area contributed by atoms with Crippen LogP contribution in [0.2, 0.25) is 0 Å². The Kier molecular flexibility index (Phi) is 4.11. The number of nitrogens with zero attached hydrogens (tertiary/aromatic N) is 2. The number of carbonyl (C=O) groups excluding carboxylic acids is 4. The van der Waals surface area contributed by atoms with Crippen LogP contribution in [-0.2, 0) is 28.7 Å². The summed E-state index contributed by atoms with van der Waals surface area (Å²) in [4.78, 5) is 51.8. The van der Waals surface area contributed by atoms with E-state index in [0.717, 1.165) is 38.3 Å². The second kappa shape index (κ2) is 6.21. The van der Waals surface area contributed by atoms with Crippen molar-refractivity contribution in [2.75, 3.05) is 13.7 Å². The summed E-state index contributed by atoms with van der Waals surface area (Å²) >= 11 is 0. The highest BCUT2D eigenvalue weighted by Crippen LogP contribution is 2.69. The first-order valence-electron chi connectivity index (χ1n) is 10.9.